The molecule has 3 aromatic rings. The summed E-state index contributed by atoms with van der Waals surface area (Å²) in [7, 11) is 0. The van der Waals surface area contributed by atoms with E-state index in [9.17, 15) is 20.4 Å². The number of benzene rings is 1. The van der Waals surface area contributed by atoms with Gasteiger partial charge in [-0.1, -0.05) is 6.92 Å². The molecule has 9 atom stereocenters. The molecule has 3 fully saturated rings. The zero-order chi connectivity index (χ0) is 27.1. The van der Waals surface area contributed by atoms with Gasteiger partial charge in [0.15, 0.2) is 23.0 Å². The summed E-state index contributed by atoms with van der Waals surface area (Å²) in [6.45, 7) is 2.38. The molecule has 4 unspecified atom stereocenters. The highest BCUT2D eigenvalue weighted by molar-refractivity contribution is 5.81. The summed E-state index contributed by atoms with van der Waals surface area (Å²) in [5.41, 5.74) is 8.74. The summed E-state index contributed by atoms with van der Waals surface area (Å²) in [5, 5.41) is 42.4. The highest BCUT2D eigenvalue weighted by Gasteiger charge is 2.55. The number of hydrogen-bond acceptors (Lipinski definition) is 10. The number of hydrogen-bond donors (Lipinski definition) is 5. The van der Waals surface area contributed by atoms with Crippen LogP contribution in [0.2, 0.25) is 0 Å². The third-order valence-electron chi connectivity index (χ3n) is 10.2. The van der Waals surface area contributed by atoms with Crippen LogP contribution in [-0.2, 0) is 9.47 Å². The number of aromatic nitrogens is 4. The zero-order valence-corrected chi connectivity index (χ0v) is 21.8. The van der Waals surface area contributed by atoms with Gasteiger partial charge in [-0.05, 0) is 78.5 Å². The number of phenolic OH excluding ortho intramolecular Hbond substituents is 2. The molecule has 39 heavy (non-hydrogen) atoms. The SMILES string of the molecule is C[C@]12CCC3c4cc(O)c(O)cc4C(OC[C@H]4O[C@@H](n5cnc6c(N)ncnc65)C[C@@H]4O)CC3C1CC[C@@H]2O. The predicted octanol–water partition coefficient (Wildman–Crippen LogP) is 2.90. The monoisotopic (exact) mass is 537 g/mol. The Hall–Kier alpha value is -2.99. The number of nitrogen functional groups attached to an aromatic ring is 1. The number of aliphatic hydroxyl groups excluding tert-OH is 2. The molecule has 4 aliphatic rings. The molecule has 0 amide bonds. The minimum atomic E-state index is -0.751. The van der Waals surface area contributed by atoms with Gasteiger partial charge in [0.05, 0.1) is 31.2 Å². The number of aliphatic hydroxyl groups is 2. The first-order valence-electron chi connectivity index (χ1n) is 13.9. The van der Waals surface area contributed by atoms with E-state index in [2.05, 4.69) is 21.9 Å². The van der Waals surface area contributed by atoms with Crippen molar-refractivity contribution in [2.24, 2.45) is 17.3 Å². The lowest BCUT2D eigenvalue weighted by atomic mass is 9.55. The van der Waals surface area contributed by atoms with Gasteiger partial charge in [0.1, 0.15) is 24.2 Å². The lowest BCUT2D eigenvalue weighted by Gasteiger charge is -2.51. The fourth-order valence-corrected chi connectivity index (χ4v) is 8.04. The number of ether oxygens (including phenoxy) is 2. The van der Waals surface area contributed by atoms with Gasteiger partial charge < -0.3 is 35.6 Å². The molecule has 2 aromatic heterocycles. The van der Waals surface area contributed by atoms with Gasteiger partial charge >= 0.3 is 0 Å². The molecular weight excluding hydrogens is 502 g/mol. The first-order valence-corrected chi connectivity index (χ1v) is 13.9. The lowest BCUT2D eigenvalue weighted by Crippen LogP contribution is -2.45. The van der Waals surface area contributed by atoms with Gasteiger partial charge in [-0.25, -0.2) is 15.0 Å². The van der Waals surface area contributed by atoms with Gasteiger partial charge in [-0.2, -0.15) is 0 Å². The van der Waals surface area contributed by atoms with E-state index in [0.29, 0.717) is 29.4 Å². The standard InChI is InChI=1S/C28H35N5O6/c1-28-5-4-13-14-6-18(34)19(35)7-16(14)21(8-15(13)17(28)2-3-23(28)37)38-10-22-20(36)9-24(39-22)33-12-32-25-26(29)30-11-31-27(25)33/h6-7,11-13,15,17,20-24,34-37H,2-5,8-10H2,1H3,(H2,29,30,31)/t13?,15?,17?,20-,21?,22+,23-,24+,28-/m0/s1. The fraction of sp³-hybridized carbons (Fsp3) is 0.607. The summed E-state index contributed by atoms with van der Waals surface area (Å²) in [5.74, 6) is 0.909. The second-order valence-corrected chi connectivity index (χ2v) is 12.1. The number of nitrogens with zero attached hydrogens (tertiary/aromatic N) is 4. The number of imidazole rings is 1. The average molecular weight is 538 g/mol. The molecule has 7 rings (SSSR count). The van der Waals surface area contributed by atoms with Gasteiger partial charge in [0.2, 0.25) is 0 Å². The Bertz CT molecular complexity index is 1410. The van der Waals surface area contributed by atoms with Crippen LogP contribution in [0.1, 0.15) is 74.8 Å². The minimum absolute atomic E-state index is 0.110. The molecule has 3 aliphatic carbocycles. The zero-order valence-electron chi connectivity index (χ0n) is 21.8. The minimum Gasteiger partial charge on any atom is -0.504 e. The van der Waals surface area contributed by atoms with E-state index in [1.54, 1.807) is 23.0 Å². The predicted molar refractivity (Wildman–Crippen MR) is 140 cm³/mol. The van der Waals surface area contributed by atoms with Crippen molar-refractivity contribution < 1.29 is 29.9 Å². The second-order valence-electron chi connectivity index (χ2n) is 12.1. The van der Waals surface area contributed by atoms with Gasteiger partial charge in [0.25, 0.3) is 0 Å². The van der Waals surface area contributed by atoms with E-state index in [1.807, 2.05) is 0 Å². The van der Waals surface area contributed by atoms with Crippen molar-refractivity contribution in [2.45, 2.75) is 82.0 Å². The van der Waals surface area contributed by atoms with Gasteiger partial charge in [-0.15, -0.1) is 0 Å². The van der Waals surface area contributed by atoms with Crippen LogP contribution < -0.4 is 5.73 Å². The molecule has 208 valence electrons. The topological polar surface area (TPSA) is 169 Å². The van der Waals surface area contributed by atoms with E-state index >= 15 is 0 Å². The van der Waals surface area contributed by atoms with E-state index in [1.165, 1.54) is 6.33 Å². The Morgan fingerprint density at radius 1 is 1.08 bits per heavy atom. The Labute approximate surface area is 225 Å². The van der Waals surface area contributed by atoms with Crippen molar-refractivity contribution in [1.82, 2.24) is 19.5 Å². The number of fused-ring (bicyclic) bond motifs is 6. The van der Waals surface area contributed by atoms with Gasteiger partial charge in [-0.3, -0.25) is 4.57 Å². The summed E-state index contributed by atoms with van der Waals surface area (Å²) < 4.78 is 14.5. The number of anilines is 1. The quantitative estimate of drug-likeness (QED) is 0.312. The van der Waals surface area contributed by atoms with Crippen LogP contribution in [0, 0.1) is 17.3 Å². The van der Waals surface area contributed by atoms with E-state index < -0.39 is 18.4 Å². The molecule has 1 aliphatic heterocycles. The molecule has 0 spiro atoms. The Balaban J connectivity index is 1.13. The van der Waals surface area contributed by atoms with Crippen LogP contribution in [0.5, 0.6) is 11.5 Å². The van der Waals surface area contributed by atoms with Crippen LogP contribution in [0.15, 0.2) is 24.8 Å². The van der Waals surface area contributed by atoms with Crippen molar-refractivity contribution in [3.8, 4) is 11.5 Å². The summed E-state index contributed by atoms with van der Waals surface area (Å²) >= 11 is 0. The van der Waals surface area contributed by atoms with Crippen LogP contribution >= 0.6 is 0 Å². The number of nitrogens with two attached hydrogens (primary N) is 1. The molecular formula is C28H35N5O6. The third-order valence-corrected chi connectivity index (χ3v) is 10.2. The molecule has 0 bridgehead atoms. The first kappa shape index (κ1) is 25.0. The average Bonchev–Trinajstić information content (AvgIpc) is 3.59. The fourth-order valence-electron chi connectivity index (χ4n) is 8.04. The second kappa shape index (κ2) is 9.02. The molecule has 2 saturated carbocycles. The van der Waals surface area contributed by atoms with Crippen molar-refractivity contribution >= 4 is 17.0 Å². The van der Waals surface area contributed by atoms with E-state index in [4.69, 9.17) is 15.2 Å². The van der Waals surface area contributed by atoms with Crippen molar-refractivity contribution in [2.75, 3.05) is 12.3 Å². The Kier molecular flexibility index (Phi) is 5.78. The van der Waals surface area contributed by atoms with Crippen LogP contribution in [-0.4, -0.2) is 64.9 Å². The summed E-state index contributed by atoms with van der Waals surface area (Å²) in [6.07, 6.45) is 5.32. The maximum atomic E-state index is 10.9. The summed E-state index contributed by atoms with van der Waals surface area (Å²) in [6, 6.07) is 3.32. The van der Waals surface area contributed by atoms with E-state index in [-0.39, 0.29) is 47.5 Å². The number of phenols is 2. The van der Waals surface area contributed by atoms with Crippen molar-refractivity contribution in [3.63, 3.8) is 0 Å². The molecule has 0 radical (unpaired) electrons. The van der Waals surface area contributed by atoms with Gasteiger partial charge in [0, 0.05) is 6.42 Å². The summed E-state index contributed by atoms with van der Waals surface area (Å²) in [4.78, 5) is 12.6. The van der Waals surface area contributed by atoms with Crippen LogP contribution in [0.4, 0.5) is 5.82 Å². The van der Waals surface area contributed by atoms with Crippen LogP contribution in [0.3, 0.4) is 0 Å². The molecule has 6 N–H and O–H groups in total. The molecule has 1 saturated heterocycles. The normalized spacial score (nSPS) is 37.5. The molecule has 1 aromatic carbocycles. The Morgan fingerprint density at radius 3 is 2.69 bits per heavy atom. The first-order chi connectivity index (χ1) is 18.7. The number of aromatic hydroxyl groups is 2. The molecule has 11 heteroatoms. The highest BCUT2D eigenvalue weighted by atomic mass is 16.6. The lowest BCUT2D eigenvalue weighted by molar-refractivity contribution is -0.0963. The van der Waals surface area contributed by atoms with Crippen LogP contribution in [0.25, 0.3) is 11.2 Å². The smallest absolute Gasteiger partial charge is 0.167 e. The largest absolute Gasteiger partial charge is 0.504 e. The molecule has 11 nitrogen and oxygen atoms in total. The van der Waals surface area contributed by atoms with Crippen molar-refractivity contribution in [3.05, 3.63) is 35.9 Å². The number of rotatable bonds is 4. The third kappa shape index (κ3) is 3.81. The maximum absolute atomic E-state index is 10.9. The Morgan fingerprint density at radius 2 is 1.87 bits per heavy atom. The van der Waals surface area contributed by atoms with Crippen molar-refractivity contribution in [1.29, 1.82) is 0 Å². The molecule has 3 heterocycles. The van der Waals surface area contributed by atoms with E-state index in [0.717, 1.165) is 43.2 Å². The highest BCUT2D eigenvalue weighted by Crippen LogP contribution is 2.63. The maximum Gasteiger partial charge on any atom is 0.167 e.